The molecule has 1 N–H and O–H groups in total. The van der Waals surface area contributed by atoms with Crippen molar-refractivity contribution in [2.45, 2.75) is 24.9 Å². The number of amides is 1. The summed E-state index contributed by atoms with van der Waals surface area (Å²) in [7, 11) is -0.724. The topological polar surface area (TPSA) is 93.4 Å². The van der Waals surface area contributed by atoms with Crippen LogP contribution >= 0.6 is 0 Å². The number of hydrogen-bond acceptors (Lipinski definition) is 4. The number of sulfonamides is 1. The Morgan fingerprint density at radius 3 is 2.29 bits per heavy atom. The van der Waals surface area contributed by atoms with E-state index >= 15 is 0 Å². The summed E-state index contributed by atoms with van der Waals surface area (Å²) in [5.74, 6) is -0.416. The average Bonchev–Trinajstić information content (AvgIpc) is 2.93. The van der Waals surface area contributed by atoms with E-state index in [9.17, 15) is 18.0 Å². The molecule has 0 aliphatic heterocycles. The molecule has 28 heavy (non-hydrogen) atoms. The Kier molecular flexibility index (Phi) is 5.39. The van der Waals surface area contributed by atoms with Gasteiger partial charge in [-0.25, -0.2) is 17.5 Å². The number of rotatable bonds is 6. The Morgan fingerprint density at radius 1 is 1.04 bits per heavy atom. The van der Waals surface area contributed by atoms with Crippen molar-refractivity contribution in [2.75, 3.05) is 19.4 Å². The summed E-state index contributed by atoms with van der Waals surface area (Å²) in [6.45, 7) is 2.20. The number of fused-ring (bicyclic) bond motifs is 1. The molecule has 0 aliphatic carbocycles. The van der Waals surface area contributed by atoms with Crippen LogP contribution in [0, 0.1) is 0 Å². The van der Waals surface area contributed by atoms with Crippen LogP contribution in [0.1, 0.15) is 6.92 Å². The van der Waals surface area contributed by atoms with Crippen molar-refractivity contribution in [3.05, 3.63) is 59.0 Å². The second-order valence-corrected chi connectivity index (χ2v) is 8.62. The Bertz CT molecular complexity index is 1190. The highest BCUT2D eigenvalue weighted by Crippen LogP contribution is 2.18. The van der Waals surface area contributed by atoms with Crippen LogP contribution in [0.2, 0.25) is 0 Å². The molecule has 0 fully saturated rings. The van der Waals surface area contributed by atoms with E-state index in [0.29, 0.717) is 17.7 Å². The summed E-state index contributed by atoms with van der Waals surface area (Å²) in [5.41, 5.74) is 1.53. The second-order valence-electron chi connectivity index (χ2n) is 6.47. The lowest BCUT2D eigenvalue weighted by atomic mass is 10.3. The molecule has 3 rings (SSSR count). The highest BCUT2D eigenvalue weighted by Gasteiger charge is 2.18. The fraction of sp³-hybridized carbons (Fsp3) is 0.263. The maximum atomic E-state index is 12.6. The van der Waals surface area contributed by atoms with E-state index in [2.05, 4.69) is 5.32 Å². The molecule has 0 aliphatic rings. The highest BCUT2D eigenvalue weighted by molar-refractivity contribution is 7.89. The van der Waals surface area contributed by atoms with E-state index in [1.807, 2.05) is 25.1 Å². The van der Waals surface area contributed by atoms with Gasteiger partial charge in [0.2, 0.25) is 15.9 Å². The summed E-state index contributed by atoms with van der Waals surface area (Å²) < 4.78 is 28.6. The number of nitrogens with one attached hydrogen (secondary N) is 1. The Labute approximate surface area is 163 Å². The number of nitrogens with zero attached hydrogens (tertiary/aromatic N) is 3. The van der Waals surface area contributed by atoms with Gasteiger partial charge in [0.1, 0.15) is 6.54 Å². The van der Waals surface area contributed by atoms with Gasteiger partial charge in [-0.05, 0) is 37.3 Å². The van der Waals surface area contributed by atoms with Crippen molar-refractivity contribution in [1.82, 2.24) is 13.4 Å². The van der Waals surface area contributed by atoms with E-state index in [1.165, 1.54) is 30.8 Å². The van der Waals surface area contributed by atoms with Gasteiger partial charge in [0, 0.05) is 26.3 Å². The zero-order chi connectivity index (χ0) is 20.5. The lowest BCUT2D eigenvalue weighted by Crippen LogP contribution is -2.29. The minimum atomic E-state index is -3.61. The molecule has 0 saturated carbocycles. The fourth-order valence-electron chi connectivity index (χ4n) is 3.02. The number of carbonyl (C=O) groups excluding carboxylic acids is 1. The van der Waals surface area contributed by atoms with Crippen molar-refractivity contribution >= 4 is 32.7 Å². The predicted molar refractivity (Wildman–Crippen MR) is 108 cm³/mol. The minimum Gasteiger partial charge on any atom is -0.324 e. The van der Waals surface area contributed by atoms with E-state index in [4.69, 9.17) is 0 Å². The van der Waals surface area contributed by atoms with Crippen molar-refractivity contribution in [2.24, 2.45) is 0 Å². The molecule has 0 spiro atoms. The zero-order valence-corrected chi connectivity index (χ0v) is 16.7. The molecule has 0 atom stereocenters. The molecule has 2 aromatic carbocycles. The second kappa shape index (κ2) is 7.61. The molecule has 9 heteroatoms. The van der Waals surface area contributed by atoms with Gasteiger partial charge in [-0.15, -0.1) is 0 Å². The normalized spacial score (nSPS) is 11.9. The largest absolute Gasteiger partial charge is 0.329 e. The number of benzene rings is 2. The number of aryl methyl sites for hydroxylation is 1. The summed E-state index contributed by atoms with van der Waals surface area (Å²) >= 11 is 0. The molecule has 0 unspecified atom stereocenters. The van der Waals surface area contributed by atoms with E-state index in [0.717, 1.165) is 9.82 Å². The number of aromatic nitrogens is 2. The monoisotopic (exact) mass is 402 g/mol. The first kappa shape index (κ1) is 19.8. The van der Waals surface area contributed by atoms with Gasteiger partial charge in [0.25, 0.3) is 0 Å². The van der Waals surface area contributed by atoms with Crippen LogP contribution in [0.5, 0.6) is 0 Å². The van der Waals surface area contributed by atoms with E-state index in [-0.39, 0.29) is 17.1 Å². The van der Waals surface area contributed by atoms with Crippen LogP contribution in [0.25, 0.3) is 11.0 Å². The molecular formula is C19H22N4O4S. The van der Waals surface area contributed by atoms with Gasteiger partial charge in [-0.2, -0.15) is 0 Å². The van der Waals surface area contributed by atoms with Crippen LogP contribution in [0.3, 0.4) is 0 Å². The van der Waals surface area contributed by atoms with Crippen molar-refractivity contribution in [1.29, 1.82) is 0 Å². The number of para-hydroxylation sites is 2. The van der Waals surface area contributed by atoms with E-state index < -0.39 is 15.9 Å². The highest BCUT2D eigenvalue weighted by atomic mass is 32.2. The molecule has 148 valence electrons. The molecule has 1 heterocycles. The summed E-state index contributed by atoms with van der Waals surface area (Å²) in [5, 5.41) is 2.67. The fourth-order valence-corrected chi connectivity index (χ4v) is 3.97. The van der Waals surface area contributed by atoms with Crippen molar-refractivity contribution in [3.8, 4) is 0 Å². The van der Waals surface area contributed by atoms with Gasteiger partial charge >= 0.3 is 5.69 Å². The van der Waals surface area contributed by atoms with Crippen LogP contribution in [0.4, 0.5) is 5.69 Å². The molecule has 1 aromatic heterocycles. The molecule has 3 aromatic rings. The first-order valence-corrected chi connectivity index (χ1v) is 10.2. The van der Waals surface area contributed by atoms with Gasteiger partial charge in [-0.1, -0.05) is 18.2 Å². The Hall–Kier alpha value is -2.91. The molecule has 0 saturated heterocycles. The van der Waals surface area contributed by atoms with Crippen LogP contribution < -0.4 is 11.0 Å². The summed E-state index contributed by atoms with van der Waals surface area (Å²) in [4.78, 5) is 25.2. The van der Waals surface area contributed by atoms with Crippen LogP contribution in [-0.2, 0) is 27.9 Å². The molecule has 0 radical (unpaired) electrons. The number of anilines is 1. The van der Waals surface area contributed by atoms with Crippen LogP contribution in [-0.4, -0.2) is 41.9 Å². The standard InChI is InChI=1S/C19H22N4O4S/c1-4-22-16-10-5-6-11-17(16)23(19(22)25)13-18(24)20-14-8-7-9-15(12-14)28(26,27)21(2)3/h5-12H,4,13H2,1-3H3,(H,20,24). The van der Waals surface area contributed by atoms with Crippen molar-refractivity contribution in [3.63, 3.8) is 0 Å². The maximum absolute atomic E-state index is 12.6. The Balaban J connectivity index is 1.88. The maximum Gasteiger partial charge on any atom is 0.329 e. The van der Waals surface area contributed by atoms with Gasteiger partial charge in [0.15, 0.2) is 0 Å². The smallest absolute Gasteiger partial charge is 0.324 e. The third-order valence-electron chi connectivity index (χ3n) is 4.44. The molecule has 0 bridgehead atoms. The molecular weight excluding hydrogens is 380 g/mol. The summed E-state index contributed by atoms with van der Waals surface area (Å²) in [6.07, 6.45) is 0. The third-order valence-corrected chi connectivity index (χ3v) is 6.25. The minimum absolute atomic E-state index is 0.0788. The number of carbonyl (C=O) groups is 1. The lowest BCUT2D eigenvalue weighted by molar-refractivity contribution is -0.116. The SMILES string of the molecule is CCn1c(=O)n(CC(=O)Nc2cccc(S(=O)(=O)N(C)C)c2)c2ccccc21. The molecule has 1 amide bonds. The van der Waals surface area contributed by atoms with E-state index in [1.54, 1.807) is 22.8 Å². The quantitative estimate of drug-likeness (QED) is 0.679. The summed E-state index contributed by atoms with van der Waals surface area (Å²) in [6, 6.07) is 13.3. The first-order valence-electron chi connectivity index (χ1n) is 8.76. The van der Waals surface area contributed by atoms with Crippen molar-refractivity contribution < 1.29 is 13.2 Å². The first-order chi connectivity index (χ1) is 13.3. The predicted octanol–water partition coefficient (Wildman–Crippen LogP) is 1.71. The zero-order valence-electron chi connectivity index (χ0n) is 15.9. The number of hydrogen-bond donors (Lipinski definition) is 1. The van der Waals surface area contributed by atoms with Gasteiger partial charge in [-0.3, -0.25) is 13.9 Å². The Morgan fingerprint density at radius 2 is 1.68 bits per heavy atom. The van der Waals surface area contributed by atoms with Gasteiger partial charge in [0.05, 0.1) is 15.9 Å². The van der Waals surface area contributed by atoms with Gasteiger partial charge < -0.3 is 5.32 Å². The lowest BCUT2D eigenvalue weighted by Gasteiger charge is -2.13. The number of imidazole rings is 1. The average molecular weight is 402 g/mol. The third kappa shape index (κ3) is 3.58. The molecule has 8 nitrogen and oxygen atoms in total. The van der Waals surface area contributed by atoms with Crippen LogP contribution in [0.15, 0.2) is 58.2 Å².